The van der Waals surface area contributed by atoms with Crippen molar-refractivity contribution in [3.63, 3.8) is 0 Å². The molecular weight excluding hydrogens is 1520 g/mol. The lowest BCUT2D eigenvalue weighted by molar-refractivity contribution is -0.138. The Bertz CT molecular complexity index is 4630. The summed E-state index contributed by atoms with van der Waals surface area (Å²) in [5.74, 6) is -12.5. The van der Waals surface area contributed by atoms with Gasteiger partial charge in [-0.1, -0.05) is 55.2 Å². The summed E-state index contributed by atoms with van der Waals surface area (Å²) in [6.45, 7) is 5.27. The number of aliphatic hydroxyl groups is 2. The van der Waals surface area contributed by atoms with Gasteiger partial charge in [-0.3, -0.25) is 43.7 Å². The summed E-state index contributed by atoms with van der Waals surface area (Å²) in [6.07, 6.45) is -0.606. The molecular formula is C79H93Cl2N13O20. The van der Waals surface area contributed by atoms with Gasteiger partial charge in [0, 0.05) is 55.0 Å². The molecule has 608 valence electrons. The van der Waals surface area contributed by atoms with E-state index < -0.39 is 154 Å². The Morgan fingerprint density at radius 2 is 1.13 bits per heavy atom. The predicted octanol–water partition coefficient (Wildman–Crippen LogP) is 4.91. The van der Waals surface area contributed by atoms with Crippen molar-refractivity contribution in [2.75, 3.05) is 73.0 Å². The van der Waals surface area contributed by atoms with Gasteiger partial charge < -0.3 is 118 Å². The summed E-state index contributed by atoms with van der Waals surface area (Å²) in [6, 6.07) is 2.39. The molecule has 4 aliphatic carbocycles. The first kappa shape index (κ1) is 82.5. The number of hydrogen-bond donors (Lipinski definition) is 19. The molecule has 0 spiro atoms. The first-order valence-electron chi connectivity index (χ1n) is 37.6. The Kier molecular flexibility index (Phi) is 26.1. The number of hydrogen-bond acceptors (Lipinski definition) is 24. The molecule has 9 atom stereocenters. The van der Waals surface area contributed by atoms with Crippen LogP contribution in [0.4, 0.5) is 10.5 Å². The van der Waals surface area contributed by atoms with E-state index in [1.807, 2.05) is 13.8 Å². The Balaban J connectivity index is 0.980. The zero-order chi connectivity index (χ0) is 81.5. The maximum absolute atomic E-state index is 16.2. The number of aromatic hydroxyl groups is 4. The third kappa shape index (κ3) is 18.6. The number of phenolic OH excluding ortho intramolecular Hbond substituents is 4. The number of imide groups is 1. The third-order valence-corrected chi connectivity index (χ3v) is 21.8. The standard InChI is InChI=1S/C79H93Cl2N13O20/c1-35(2)19-50(85-6)72(102)93-66-68(99)39-8-11-54(48(80)26-39)113-56-28-43-29-57(70(56)101)114-55-12-9-40(27-49(55)81)69(100)67-78(108)92-65(76(106)89-62-41-21-36-20-37(23-41)24-42(62)22-36)47-32-45(95)33-53(97)61(47)46-25-38(7-10-52(46)96)63(74(104)94-67)91-75(105)64(43)90-73(103)51(87-77(66)107)34-60(98)88-79(109)86-44-30-58(110-16-13-82-3)71(112-18-15-84-5)59(31-44)111-17-14-83-4/h7-12,25-33,35-37,41-42,50-51,62-69,82-85,95-97,99-101H,13-24,34H2,1-6H3,(H,87,107)(H,89,106)(H,90,103)(H,91,105)(H,92,108)(H,93,102)(H,94,104)(H2,86,88,98,109)/t36?,37?,41?,42?,50-,51+,62?,63-,64-,65+,66-,67+,68-,69-/m1/s1. The number of likely N-dealkylation sites (N-methyl/N-ethyl adjacent to an activating group) is 4. The Labute approximate surface area is 665 Å². The molecule has 4 saturated carbocycles. The van der Waals surface area contributed by atoms with Crippen LogP contribution in [0, 0.1) is 29.6 Å². The highest BCUT2D eigenvalue weighted by Gasteiger charge is 2.50. The van der Waals surface area contributed by atoms with Gasteiger partial charge in [-0.05, 0) is 179 Å². The summed E-state index contributed by atoms with van der Waals surface area (Å²) in [5.41, 5.74) is -1.84. The fraction of sp³-hybridized carbons (Fsp3) is 0.430. The number of aliphatic hydroxyl groups excluding tert-OH is 2. The number of phenols is 4. The number of carbonyl (C=O) groups excluding carboxylic acids is 9. The van der Waals surface area contributed by atoms with Crippen LogP contribution in [0.2, 0.25) is 10.0 Å². The highest BCUT2D eigenvalue weighted by molar-refractivity contribution is 6.32. The zero-order valence-corrected chi connectivity index (χ0v) is 64.7. The van der Waals surface area contributed by atoms with E-state index in [0.717, 1.165) is 68.5 Å². The van der Waals surface area contributed by atoms with Crippen molar-refractivity contribution in [2.45, 2.75) is 119 Å². The average molecular weight is 1620 g/mol. The lowest BCUT2D eigenvalue weighted by Gasteiger charge is -2.54. The van der Waals surface area contributed by atoms with Crippen LogP contribution in [0.15, 0.2) is 91.0 Å². The fourth-order valence-corrected chi connectivity index (χ4v) is 16.3. The highest BCUT2D eigenvalue weighted by atomic mass is 35.5. The lowest BCUT2D eigenvalue weighted by Crippen LogP contribution is -2.59. The molecule has 0 radical (unpaired) electrons. The Hall–Kier alpha value is -10.9. The fourth-order valence-electron chi connectivity index (χ4n) is 15.9. The van der Waals surface area contributed by atoms with E-state index >= 15 is 28.8 Å². The molecule has 15 bridgehead atoms. The molecule has 9 aliphatic rings. The monoisotopic (exact) mass is 1610 g/mol. The number of rotatable bonds is 22. The molecule has 19 N–H and O–H groups in total. The zero-order valence-electron chi connectivity index (χ0n) is 63.2. The van der Waals surface area contributed by atoms with Crippen molar-refractivity contribution in [2.24, 2.45) is 29.6 Å². The van der Waals surface area contributed by atoms with Crippen molar-refractivity contribution in [1.82, 2.24) is 63.8 Å². The quantitative estimate of drug-likeness (QED) is 0.0401. The molecule has 0 saturated heterocycles. The second-order valence-electron chi connectivity index (χ2n) is 29.7. The van der Waals surface area contributed by atoms with Gasteiger partial charge in [-0.2, -0.15) is 0 Å². The minimum Gasteiger partial charge on any atom is -0.508 e. The summed E-state index contributed by atoms with van der Waals surface area (Å²) < 4.78 is 30.9. The predicted molar refractivity (Wildman–Crippen MR) is 414 cm³/mol. The molecule has 0 aromatic heterocycles. The van der Waals surface area contributed by atoms with Crippen LogP contribution in [0.1, 0.15) is 117 Å². The summed E-state index contributed by atoms with van der Waals surface area (Å²) in [5, 5.41) is 107. The van der Waals surface area contributed by atoms with Crippen molar-refractivity contribution in [1.29, 1.82) is 0 Å². The van der Waals surface area contributed by atoms with E-state index in [1.54, 1.807) is 21.1 Å². The number of ether oxygens (including phenoxy) is 5. The van der Waals surface area contributed by atoms with Crippen LogP contribution < -0.4 is 92.8 Å². The Morgan fingerprint density at radius 3 is 1.71 bits per heavy atom. The van der Waals surface area contributed by atoms with E-state index in [0.29, 0.717) is 31.5 Å². The van der Waals surface area contributed by atoms with Gasteiger partial charge in [0.1, 0.15) is 97.0 Å². The van der Waals surface area contributed by atoms with Crippen LogP contribution in [-0.4, -0.2) is 182 Å². The number of fused-ring (bicyclic) bond motifs is 15. The maximum Gasteiger partial charge on any atom is 0.325 e. The van der Waals surface area contributed by atoms with Crippen LogP contribution in [0.3, 0.4) is 0 Å². The van der Waals surface area contributed by atoms with Gasteiger partial charge in [0.2, 0.25) is 58.8 Å². The minimum atomic E-state index is -2.28. The van der Waals surface area contributed by atoms with Crippen molar-refractivity contribution in [3.8, 4) is 74.4 Å². The summed E-state index contributed by atoms with van der Waals surface area (Å²) in [4.78, 5) is 137. The number of carbonyl (C=O) groups is 9. The molecule has 35 heteroatoms. The number of amides is 10. The number of halogens is 2. The Morgan fingerprint density at radius 1 is 0.570 bits per heavy atom. The molecule has 10 amide bonds. The molecule has 5 heterocycles. The van der Waals surface area contributed by atoms with Crippen LogP contribution in [-0.2, 0) is 38.4 Å². The van der Waals surface area contributed by atoms with Gasteiger partial charge in [0.25, 0.3) is 0 Å². The van der Waals surface area contributed by atoms with E-state index in [9.17, 15) is 45.0 Å². The molecule has 33 nitrogen and oxygen atoms in total. The minimum absolute atomic E-state index is 0.0111. The van der Waals surface area contributed by atoms with Gasteiger partial charge in [-0.25, -0.2) is 4.79 Å². The molecule has 15 rings (SSSR count). The van der Waals surface area contributed by atoms with Gasteiger partial charge in [0.15, 0.2) is 23.0 Å². The molecule has 5 aliphatic heterocycles. The van der Waals surface area contributed by atoms with Crippen LogP contribution >= 0.6 is 23.2 Å². The number of benzene rings is 6. The first-order valence-corrected chi connectivity index (χ1v) is 38.3. The van der Waals surface area contributed by atoms with Crippen molar-refractivity contribution in [3.05, 3.63) is 129 Å². The first-order chi connectivity index (χ1) is 54.6. The third-order valence-electron chi connectivity index (χ3n) is 21.2. The topological polar surface area (TPSA) is 478 Å². The molecule has 4 fully saturated rings. The van der Waals surface area contributed by atoms with Gasteiger partial charge in [0.05, 0.1) is 28.2 Å². The summed E-state index contributed by atoms with van der Waals surface area (Å²) in [7, 11) is 6.65. The van der Waals surface area contributed by atoms with E-state index in [2.05, 4.69) is 69.1 Å². The van der Waals surface area contributed by atoms with E-state index in [-0.39, 0.29) is 128 Å². The van der Waals surface area contributed by atoms with Crippen LogP contribution in [0.25, 0.3) is 11.1 Å². The highest BCUT2D eigenvalue weighted by Crippen LogP contribution is 2.55. The summed E-state index contributed by atoms with van der Waals surface area (Å²) >= 11 is 14.0. The van der Waals surface area contributed by atoms with Gasteiger partial charge >= 0.3 is 6.03 Å². The van der Waals surface area contributed by atoms with E-state index in [1.165, 1.54) is 61.6 Å². The molecule has 6 aromatic carbocycles. The molecule has 114 heavy (non-hydrogen) atoms. The molecule has 0 unspecified atom stereocenters. The normalized spacial score (nSPS) is 23.9. The van der Waals surface area contributed by atoms with Gasteiger partial charge in [-0.15, -0.1) is 0 Å². The second kappa shape index (κ2) is 36.1. The number of urea groups is 1. The van der Waals surface area contributed by atoms with Crippen LogP contribution in [0.5, 0.6) is 63.2 Å². The number of nitrogens with one attached hydrogen (secondary N) is 13. The van der Waals surface area contributed by atoms with Crippen molar-refractivity contribution >= 4 is 82.2 Å². The average Bonchev–Trinajstić information content (AvgIpc) is 0.756. The number of anilines is 1. The maximum atomic E-state index is 16.2. The van der Waals surface area contributed by atoms with Crippen molar-refractivity contribution < 1.29 is 97.5 Å². The molecule has 6 aromatic rings. The largest absolute Gasteiger partial charge is 0.508 e. The SMILES string of the molecule is CNCCOc1cc(NC(=O)NC(=O)C[C@@H]2NC(=O)[C@H](NC(=O)[C@@H](CC(C)C)NC)[C@H](O)c3ccc(c(Cl)c3)Oc3cc4cc(c3O)Oc3ccc(cc3Cl)[C@@H](O)[C@@H]3NC(=O)[C@H](NC(=O)[C@@H]4NC2=O)c2ccc(O)c(c2)-c2c(O)cc(O)cc2[C@@H](C(=O)NC2C4CC5CC(C4)CC2C5)NC3=O)cc(OCCNC)c1OCCNC. The smallest absolute Gasteiger partial charge is 0.325 e. The lowest BCUT2D eigenvalue weighted by atomic mass is 9.54. The second-order valence-corrected chi connectivity index (χ2v) is 30.5. The van der Waals surface area contributed by atoms with E-state index in [4.69, 9.17) is 46.9 Å².